The van der Waals surface area contributed by atoms with Gasteiger partial charge in [0, 0.05) is 37.9 Å². The number of hydrogen-bond donors (Lipinski definition) is 0. The summed E-state index contributed by atoms with van der Waals surface area (Å²) in [6, 6.07) is 20.1. The largest absolute Gasteiger partial charge is 0.453 e. The highest BCUT2D eigenvalue weighted by Gasteiger charge is 2.56. The van der Waals surface area contributed by atoms with E-state index < -0.39 is 5.60 Å². The lowest BCUT2D eigenvalue weighted by Crippen LogP contribution is -2.48. The Bertz CT molecular complexity index is 835. The molecular weight excluding hydrogens is 350 g/mol. The second-order valence-electron chi connectivity index (χ2n) is 7.93. The third-order valence-corrected chi connectivity index (χ3v) is 6.24. The van der Waals surface area contributed by atoms with Crippen LogP contribution in [0, 0.1) is 0 Å². The van der Waals surface area contributed by atoms with Crippen LogP contribution in [0.15, 0.2) is 60.7 Å². The first-order valence-electron chi connectivity index (χ1n) is 10.2. The van der Waals surface area contributed by atoms with Crippen molar-refractivity contribution in [3.05, 3.63) is 71.8 Å². The number of benzene rings is 2. The van der Waals surface area contributed by atoms with E-state index in [9.17, 15) is 9.59 Å². The molecule has 0 amide bonds. The fraction of sp³-hybridized carbons (Fsp3) is 0.417. The highest BCUT2D eigenvalue weighted by Crippen LogP contribution is 2.50. The number of carbonyl (C=O) groups is 2. The summed E-state index contributed by atoms with van der Waals surface area (Å²) >= 11 is 0. The van der Waals surface area contributed by atoms with E-state index >= 15 is 0 Å². The second-order valence-corrected chi connectivity index (χ2v) is 7.93. The number of Topliss-reactive ketones (excluding diaryl/α,β-unsaturated/α-hetero) is 1. The standard InChI is InChI=1S/C24H27NO3/c1-18(26)28-24(20-11-6-3-7-12-20)17-21-13-8-14-23(24)25(21)16-15-22(27)19-9-4-2-5-10-19/h2-7,9-12,21,23H,8,13-17H2,1H3. The molecular formula is C24H27NO3. The van der Waals surface area contributed by atoms with Crippen molar-refractivity contribution in [2.24, 2.45) is 0 Å². The zero-order valence-corrected chi connectivity index (χ0v) is 16.3. The lowest BCUT2D eigenvalue weighted by molar-refractivity contribution is -0.161. The van der Waals surface area contributed by atoms with E-state index in [-0.39, 0.29) is 17.8 Å². The number of fused-ring (bicyclic) bond motifs is 2. The van der Waals surface area contributed by atoms with Crippen molar-refractivity contribution < 1.29 is 14.3 Å². The van der Waals surface area contributed by atoms with Gasteiger partial charge in [0.15, 0.2) is 11.4 Å². The number of esters is 1. The maximum Gasteiger partial charge on any atom is 0.303 e. The molecule has 28 heavy (non-hydrogen) atoms. The maximum absolute atomic E-state index is 12.6. The first-order valence-corrected chi connectivity index (χ1v) is 10.2. The Morgan fingerprint density at radius 3 is 2.39 bits per heavy atom. The van der Waals surface area contributed by atoms with Gasteiger partial charge in [0.05, 0.1) is 6.04 Å². The molecule has 2 saturated heterocycles. The van der Waals surface area contributed by atoms with Gasteiger partial charge in [0.1, 0.15) is 0 Å². The van der Waals surface area contributed by atoms with E-state index in [2.05, 4.69) is 17.0 Å². The Kier molecular flexibility index (Phi) is 5.31. The predicted octanol–water partition coefficient (Wildman–Crippen LogP) is 4.34. The van der Waals surface area contributed by atoms with Crippen LogP contribution in [-0.4, -0.2) is 35.3 Å². The molecule has 2 aliphatic heterocycles. The van der Waals surface area contributed by atoms with Crippen LogP contribution in [0.1, 0.15) is 54.9 Å². The van der Waals surface area contributed by atoms with Crippen molar-refractivity contribution in [3.63, 3.8) is 0 Å². The fourth-order valence-corrected chi connectivity index (χ4v) is 5.13. The molecule has 146 valence electrons. The lowest BCUT2D eigenvalue weighted by Gasteiger charge is -2.40. The molecule has 4 nitrogen and oxygen atoms in total. The summed E-state index contributed by atoms with van der Waals surface area (Å²) in [7, 11) is 0. The van der Waals surface area contributed by atoms with Gasteiger partial charge in [-0.15, -0.1) is 0 Å². The molecule has 2 bridgehead atoms. The Morgan fingerprint density at radius 1 is 1.04 bits per heavy atom. The van der Waals surface area contributed by atoms with E-state index in [1.54, 1.807) is 0 Å². The number of rotatable bonds is 6. The van der Waals surface area contributed by atoms with Gasteiger partial charge in [-0.1, -0.05) is 67.1 Å². The third-order valence-electron chi connectivity index (χ3n) is 6.24. The van der Waals surface area contributed by atoms with Crippen molar-refractivity contribution in [3.8, 4) is 0 Å². The average Bonchev–Trinajstić information content (AvgIpc) is 2.88. The minimum Gasteiger partial charge on any atom is -0.453 e. The molecule has 0 N–H and O–H groups in total. The molecule has 2 fully saturated rings. The van der Waals surface area contributed by atoms with Crippen molar-refractivity contribution in [1.29, 1.82) is 0 Å². The molecule has 3 unspecified atom stereocenters. The molecule has 4 rings (SSSR count). The van der Waals surface area contributed by atoms with Crippen molar-refractivity contribution >= 4 is 11.8 Å². The van der Waals surface area contributed by atoms with Gasteiger partial charge < -0.3 is 4.74 Å². The summed E-state index contributed by atoms with van der Waals surface area (Å²) in [6.45, 7) is 2.20. The summed E-state index contributed by atoms with van der Waals surface area (Å²) in [6.07, 6.45) is 4.50. The number of carbonyl (C=O) groups excluding carboxylic acids is 2. The fourth-order valence-electron chi connectivity index (χ4n) is 5.13. The van der Waals surface area contributed by atoms with E-state index in [0.717, 1.165) is 36.8 Å². The highest BCUT2D eigenvalue weighted by atomic mass is 16.6. The van der Waals surface area contributed by atoms with E-state index in [0.29, 0.717) is 19.0 Å². The first-order chi connectivity index (χ1) is 13.6. The van der Waals surface area contributed by atoms with Gasteiger partial charge in [-0.25, -0.2) is 0 Å². The minimum atomic E-state index is -0.607. The lowest BCUT2D eigenvalue weighted by atomic mass is 9.84. The van der Waals surface area contributed by atoms with Gasteiger partial charge in [0.25, 0.3) is 0 Å². The molecule has 4 heteroatoms. The van der Waals surface area contributed by atoms with Gasteiger partial charge in [0.2, 0.25) is 0 Å². The molecule has 0 spiro atoms. The van der Waals surface area contributed by atoms with Crippen LogP contribution in [0.2, 0.25) is 0 Å². The summed E-state index contributed by atoms with van der Waals surface area (Å²) in [5, 5.41) is 0. The van der Waals surface area contributed by atoms with Gasteiger partial charge in [-0.2, -0.15) is 0 Å². The Morgan fingerprint density at radius 2 is 1.71 bits per heavy atom. The normalized spacial score (nSPS) is 26.8. The quantitative estimate of drug-likeness (QED) is 0.555. The number of nitrogens with zero attached hydrogens (tertiary/aromatic N) is 1. The zero-order valence-electron chi connectivity index (χ0n) is 16.3. The summed E-state index contributed by atoms with van der Waals surface area (Å²) < 4.78 is 6.05. The predicted molar refractivity (Wildman–Crippen MR) is 108 cm³/mol. The molecule has 0 saturated carbocycles. The molecule has 3 atom stereocenters. The molecule has 2 heterocycles. The van der Waals surface area contributed by atoms with E-state index in [4.69, 9.17) is 4.74 Å². The van der Waals surface area contributed by atoms with Crippen LogP contribution < -0.4 is 0 Å². The molecule has 2 aromatic carbocycles. The van der Waals surface area contributed by atoms with Crippen LogP contribution in [0.5, 0.6) is 0 Å². The number of ether oxygens (including phenoxy) is 1. The van der Waals surface area contributed by atoms with Crippen LogP contribution in [0.3, 0.4) is 0 Å². The topological polar surface area (TPSA) is 46.6 Å². The molecule has 2 aromatic rings. The zero-order chi connectivity index (χ0) is 19.6. The van der Waals surface area contributed by atoms with Crippen molar-refractivity contribution in [2.75, 3.05) is 6.54 Å². The Labute approximate surface area is 166 Å². The second kappa shape index (κ2) is 7.88. The highest BCUT2D eigenvalue weighted by molar-refractivity contribution is 5.96. The van der Waals surface area contributed by atoms with Crippen LogP contribution in [0.4, 0.5) is 0 Å². The van der Waals surface area contributed by atoms with E-state index in [1.807, 2.05) is 48.5 Å². The molecule has 0 aliphatic carbocycles. The van der Waals surface area contributed by atoms with Crippen molar-refractivity contribution in [2.45, 2.75) is 56.7 Å². The van der Waals surface area contributed by atoms with Gasteiger partial charge in [-0.3, -0.25) is 14.5 Å². The Hall–Kier alpha value is -2.46. The minimum absolute atomic E-state index is 0.126. The molecule has 2 aliphatic rings. The Balaban J connectivity index is 1.58. The van der Waals surface area contributed by atoms with Crippen LogP contribution in [-0.2, 0) is 15.1 Å². The number of piperidine rings is 1. The van der Waals surface area contributed by atoms with Crippen molar-refractivity contribution in [1.82, 2.24) is 4.90 Å². The monoisotopic (exact) mass is 377 g/mol. The summed E-state index contributed by atoms with van der Waals surface area (Å²) in [5.41, 5.74) is 1.23. The number of hydrogen-bond acceptors (Lipinski definition) is 4. The average molecular weight is 377 g/mol. The first kappa shape index (κ1) is 18.9. The SMILES string of the molecule is CC(=O)OC1(c2ccccc2)CC2CCCC1N2CCC(=O)c1ccccc1. The van der Waals surface area contributed by atoms with Crippen LogP contribution in [0.25, 0.3) is 0 Å². The summed E-state index contributed by atoms with van der Waals surface area (Å²) in [4.78, 5) is 27.1. The van der Waals surface area contributed by atoms with Gasteiger partial charge >= 0.3 is 5.97 Å². The maximum atomic E-state index is 12.6. The van der Waals surface area contributed by atoms with E-state index in [1.165, 1.54) is 6.92 Å². The summed E-state index contributed by atoms with van der Waals surface area (Å²) in [5.74, 6) is -0.0694. The third kappa shape index (κ3) is 3.49. The van der Waals surface area contributed by atoms with Gasteiger partial charge in [-0.05, 0) is 18.4 Å². The smallest absolute Gasteiger partial charge is 0.303 e. The molecule has 0 aromatic heterocycles. The van der Waals surface area contributed by atoms with Crippen LogP contribution >= 0.6 is 0 Å². The molecule has 0 radical (unpaired) electrons. The number of ketones is 1.